The number of unbranched alkanes of at least 4 members (excludes halogenated alkanes) is 43. The van der Waals surface area contributed by atoms with Crippen LogP contribution in [0.1, 0.15) is 415 Å². The zero-order valence-corrected chi connectivity index (χ0v) is 67.6. The summed E-state index contributed by atoms with van der Waals surface area (Å²) in [5.41, 5.74) is 0. The van der Waals surface area contributed by atoms with E-state index in [0.29, 0.717) is 31.6 Å². The van der Waals surface area contributed by atoms with E-state index in [2.05, 4.69) is 55.4 Å². The molecule has 3 N–H and O–H groups in total. The van der Waals surface area contributed by atoms with Crippen molar-refractivity contribution in [3.63, 3.8) is 0 Å². The summed E-state index contributed by atoms with van der Waals surface area (Å²) in [5, 5.41) is 10.6. The van der Waals surface area contributed by atoms with Crippen LogP contribution >= 0.6 is 15.6 Å². The zero-order valence-electron chi connectivity index (χ0n) is 65.8. The average Bonchev–Trinajstić information content (AvgIpc) is 0.915. The Balaban J connectivity index is 5.20. The van der Waals surface area contributed by atoms with Crippen LogP contribution in [-0.4, -0.2) is 96.7 Å². The van der Waals surface area contributed by atoms with Crippen LogP contribution in [0.5, 0.6) is 0 Å². The second-order valence-electron chi connectivity index (χ2n) is 30.8. The van der Waals surface area contributed by atoms with Crippen molar-refractivity contribution in [3.8, 4) is 0 Å². The van der Waals surface area contributed by atoms with E-state index in [1.807, 2.05) is 0 Å². The smallest absolute Gasteiger partial charge is 0.462 e. The van der Waals surface area contributed by atoms with Gasteiger partial charge in [-0.1, -0.05) is 364 Å². The van der Waals surface area contributed by atoms with Crippen molar-refractivity contribution in [3.05, 3.63) is 0 Å². The molecule has 6 atom stereocenters. The Morgan fingerprint density at radius 2 is 0.480 bits per heavy atom. The third-order valence-electron chi connectivity index (χ3n) is 19.2. The Kier molecular flexibility index (Phi) is 68.7. The normalized spacial score (nSPS) is 14.3. The van der Waals surface area contributed by atoms with Gasteiger partial charge in [0.2, 0.25) is 0 Å². The Hall–Kier alpha value is -1.94. The molecule has 0 heterocycles. The maximum absolute atomic E-state index is 13.1. The summed E-state index contributed by atoms with van der Waals surface area (Å²) in [7, 11) is -9.92. The maximum atomic E-state index is 13.1. The van der Waals surface area contributed by atoms with E-state index in [0.717, 1.165) is 114 Å². The van der Waals surface area contributed by atoms with Gasteiger partial charge in [-0.2, -0.15) is 0 Å². The van der Waals surface area contributed by atoms with Gasteiger partial charge in [-0.25, -0.2) is 9.13 Å². The molecule has 0 aromatic rings. The van der Waals surface area contributed by atoms with Gasteiger partial charge in [-0.3, -0.25) is 37.3 Å². The minimum atomic E-state index is -4.96. The van der Waals surface area contributed by atoms with Gasteiger partial charge in [0.1, 0.15) is 19.3 Å². The average molecular weight is 1470 g/mol. The number of aliphatic hydroxyl groups is 1. The Labute approximate surface area is 613 Å². The number of aliphatic hydroxyl groups excluding tert-OH is 1. The van der Waals surface area contributed by atoms with Crippen LogP contribution in [0.3, 0.4) is 0 Å². The predicted octanol–water partition coefficient (Wildman–Crippen LogP) is 24.0. The molecule has 0 fully saturated rings. The second-order valence-corrected chi connectivity index (χ2v) is 33.7. The van der Waals surface area contributed by atoms with E-state index in [4.69, 9.17) is 37.0 Å². The molecule has 0 amide bonds. The summed E-state index contributed by atoms with van der Waals surface area (Å²) in [6.07, 6.45) is 57.1. The van der Waals surface area contributed by atoms with Crippen LogP contribution in [0.2, 0.25) is 0 Å². The molecule has 0 rings (SSSR count). The summed E-state index contributed by atoms with van der Waals surface area (Å²) in [4.78, 5) is 73.0. The Morgan fingerprint density at radius 3 is 0.710 bits per heavy atom. The Morgan fingerprint density at radius 1 is 0.280 bits per heavy atom. The highest BCUT2D eigenvalue weighted by molar-refractivity contribution is 7.47. The second kappa shape index (κ2) is 70.1. The number of carbonyl (C=O) groups excluding carboxylic acids is 4. The number of carbonyl (C=O) groups is 4. The van der Waals surface area contributed by atoms with Crippen LogP contribution in [0.15, 0.2) is 0 Å². The molecule has 0 aliphatic carbocycles. The standard InChI is InChI=1S/C81H158O17P2/c1-9-74(8)60-52-44-36-28-22-18-14-12-10-11-13-15-19-23-29-37-45-53-61-78(83)91-67-76(97-80(85)63-55-47-38-30-24-20-16-17-21-26-33-41-49-57-71(2)3)69-95-99(87,88)93-65-75(82)66-94-100(89,90)96-70-77(68-92-79(84)62-54-46-40-32-35-43-51-59-73(6)7)98-81(86)64-56-48-39-31-25-27-34-42-50-58-72(4)5/h71-77,82H,9-70H2,1-8H3,(H,87,88)(H,89,90)/t74?,75?,76-,77-/m1/s1. The zero-order chi connectivity index (χ0) is 73.8. The van der Waals surface area contributed by atoms with E-state index >= 15 is 0 Å². The van der Waals surface area contributed by atoms with Crippen molar-refractivity contribution in [2.75, 3.05) is 39.6 Å². The summed E-state index contributed by atoms with van der Waals surface area (Å²) in [6, 6.07) is 0. The molecule has 4 unspecified atom stereocenters. The highest BCUT2D eigenvalue weighted by Crippen LogP contribution is 2.45. The number of esters is 4. The summed E-state index contributed by atoms with van der Waals surface area (Å²) < 4.78 is 68.7. The SMILES string of the molecule is CCC(C)CCCCCCCCCCCCCCCCCCCCC(=O)OC[C@H](COP(=O)(O)OCC(O)COP(=O)(O)OC[C@@H](COC(=O)CCCCCCCCCC(C)C)OC(=O)CCCCCCCCCCCC(C)C)OC(=O)CCCCCCCCCCCCCCCC(C)C. The van der Waals surface area contributed by atoms with Gasteiger partial charge >= 0.3 is 39.5 Å². The quantitative estimate of drug-likeness (QED) is 0.0222. The lowest BCUT2D eigenvalue weighted by atomic mass is 9.99. The molecule has 0 aliphatic heterocycles. The number of hydrogen-bond donors (Lipinski definition) is 3. The Bertz CT molecular complexity index is 1960. The largest absolute Gasteiger partial charge is 0.472 e. The van der Waals surface area contributed by atoms with E-state index in [1.54, 1.807) is 0 Å². The van der Waals surface area contributed by atoms with Crippen LogP contribution in [0.4, 0.5) is 0 Å². The van der Waals surface area contributed by atoms with Crippen molar-refractivity contribution in [1.29, 1.82) is 0 Å². The molecule has 0 aromatic carbocycles. The molecule has 19 heteroatoms. The maximum Gasteiger partial charge on any atom is 0.472 e. The molecule has 100 heavy (non-hydrogen) atoms. The molecule has 0 aliphatic rings. The van der Waals surface area contributed by atoms with Crippen molar-refractivity contribution in [1.82, 2.24) is 0 Å². The topological polar surface area (TPSA) is 237 Å². The van der Waals surface area contributed by atoms with Crippen LogP contribution in [0, 0.1) is 23.7 Å². The molecular weight excluding hydrogens is 1310 g/mol. The molecule has 0 saturated carbocycles. The lowest BCUT2D eigenvalue weighted by Gasteiger charge is -2.21. The van der Waals surface area contributed by atoms with Crippen molar-refractivity contribution in [2.45, 2.75) is 433 Å². The molecule has 0 aromatic heterocycles. The lowest BCUT2D eigenvalue weighted by molar-refractivity contribution is -0.161. The van der Waals surface area contributed by atoms with Crippen LogP contribution in [0.25, 0.3) is 0 Å². The summed E-state index contributed by atoms with van der Waals surface area (Å²) in [6.45, 7) is 14.2. The van der Waals surface area contributed by atoms with Crippen LogP contribution in [-0.2, 0) is 65.4 Å². The number of hydrogen-bond acceptors (Lipinski definition) is 15. The molecule has 0 radical (unpaired) electrons. The first-order valence-corrected chi connectivity index (χ1v) is 44.7. The minimum Gasteiger partial charge on any atom is -0.462 e. The van der Waals surface area contributed by atoms with Crippen LogP contribution < -0.4 is 0 Å². The molecule has 17 nitrogen and oxygen atoms in total. The fraction of sp³-hybridized carbons (Fsp3) is 0.951. The van der Waals surface area contributed by atoms with Gasteiger partial charge in [0.25, 0.3) is 0 Å². The first kappa shape index (κ1) is 98.1. The summed E-state index contributed by atoms with van der Waals surface area (Å²) in [5.74, 6) is 0.985. The fourth-order valence-electron chi connectivity index (χ4n) is 12.4. The minimum absolute atomic E-state index is 0.104. The number of rotatable bonds is 78. The lowest BCUT2D eigenvalue weighted by Crippen LogP contribution is -2.30. The van der Waals surface area contributed by atoms with Crippen molar-refractivity contribution in [2.24, 2.45) is 23.7 Å². The molecule has 0 bridgehead atoms. The van der Waals surface area contributed by atoms with Gasteiger partial charge in [0, 0.05) is 25.7 Å². The van der Waals surface area contributed by atoms with Gasteiger partial charge < -0.3 is 33.8 Å². The molecule has 594 valence electrons. The van der Waals surface area contributed by atoms with Gasteiger partial charge in [-0.05, 0) is 49.4 Å². The monoisotopic (exact) mass is 1470 g/mol. The molecular formula is C81H158O17P2. The first-order chi connectivity index (χ1) is 48.1. The van der Waals surface area contributed by atoms with Crippen molar-refractivity contribution >= 4 is 39.5 Å². The van der Waals surface area contributed by atoms with E-state index in [9.17, 15) is 43.2 Å². The number of ether oxygens (including phenoxy) is 4. The highest BCUT2D eigenvalue weighted by atomic mass is 31.2. The summed E-state index contributed by atoms with van der Waals surface area (Å²) >= 11 is 0. The fourth-order valence-corrected chi connectivity index (χ4v) is 14.0. The van der Waals surface area contributed by atoms with Crippen molar-refractivity contribution < 1.29 is 80.2 Å². The number of phosphoric ester groups is 2. The number of phosphoric acid groups is 2. The van der Waals surface area contributed by atoms with E-state index in [1.165, 1.54) is 212 Å². The third kappa shape index (κ3) is 73.0. The van der Waals surface area contributed by atoms with E-state index in [-0.39, 0.29) is 25.7 Å². The molecule has 0 spiro atoms. The predicted molar refractivity (Wildman–Crippen MR) is 409 cm³/mol. The van der Waals surface area contributed by atoms with Gasteiger partial charge in [0.15, 0.2) is 12.2 Å². The molecule has 0 saturated heterocycles. The third-order valence-corrected chi connectivity index (χ3v) is 21.1. The van der Waals surface area contributed by atoms with E-state index < -0.39 is 97.5 Å². The van der Waals surface area contributed by atoms with Gasteiger partial charge in [-0.15, -0.1) is 0 Å². The highest BCUT2D eigenvalue weighted by Gasteiger charge is 2.30. The van der Waals surface area contributed by atoms with Gasteiger partial charge in [0.05, 0.1) is 26.4 Å². The first-order valence-electron chi connectivity index (χ1n) is 41.7.